The zero-order chi connectivity index (χ0) is 19.1. The number of hydrogen-bond acceptors (Lipinski definition) is 0. The van der Waals surface area contributed by atoms with Crippen LogP contribution in [-0.2, 0) is 6.42 Å². The van der Waals surface area contributed by atoms with Gasteiger partial charge in [0.2, 0.25) is 0 Å². The lowest BCUT2D eigenvalue weighted by molar-refractivity contribution is 0.396. The second-order valence-corrected chi connectivity index (χ2v) is 7.10. The first-order valence-corrected chi connectivity index (χ1v) is 9.43. The average Bonchev–Trinajstić information content (AvgIpc) is 3.01. The second-order valence-electron chi connectivity index (χ2n) is 7.10. The number of aryl methyl sites for hydroxylation is 1. The summed E-state index contributed by atoms with van der Waals surface area (Å²) in [7, 11) is 0. The standard InChI is InChI=1S/C24H21F3/c1-3-5-14-6-8-16(9-7-14)19-13-18-11-10-17-12-15(4-2)22(25)20(17)21(18)24(27)23(19)26/h6-13,22H,3-5H2,1-2H3. The van der Waals surface area contributed by atoms with Gasteiger partial charge in [0.15, 0.2) is 11.6 Å². The third-order valence-electron chi connectivity index (χ3n) is 5.39. The summed E-state index contributed by atoms with van der Waals surface area (Å²) in [4.78, 5) is 0. The van der Waals surface area contributed by atoms with Crippen molar-refractivity contribution in [2.45, 2.75) is 39.3 Å². The largest absolute Gasteiger partial charge is 0.237 e. The van der Waals surface area contributed by atoms with Crippen molar-refractivity contribution in [3.05, 3.63) is 76.4 Å². The molecule has 0 fully saturated rings. The van der Waals surface area contributed by atoms with Crippen LogP contribution in [0.1, 0.15) is 49.6 Å². The van der Waals surface area contributed by atoms with Crippen LogP contribution in [-0.4, -0.2) is 0 Å². The van der Waals surface area contributed by atoms with Crippen LogP contribution >= 0.6 is 0 Å². The van der Waals surface area contributed by atoms with E-state index < -0.39 is 17.8 Å². The molecular formula is C24H21F3. The van der Waals surface area contributed by atoms with Gasteiger partial charge >= 0.3 is 0 Å². The SMILES string of the molecule is CCCc1ccc(-c2cc3ccc4c(c3c(F)c2F)C(F)C(CC)=C4)cc1. The molecular weight excluding hydrogens is 345 g/mol. The predicted molar refractivity (Wildman–Crippen MR) is 105 cm³/mol. The maximum absolute atomic E-state index is 15.0. The summed E-state index contributed by atoms with van der Waals surface area (Å²) in [5.74, 6) is -1.89. The summed E-state index contributed by atoms with van der Waals surface area (Å²) < 4.78 is 44.8. The van der Waals surface area contributed by atoms with E-state index in [1.165, 1.54) is 5.56 Å². The van der Waals surface area contributed by atoms with E-state index in [0.717, 1.165) is 12.8 Å². The Hall–Kier alpha value is -2.55. The summed E-state index contributed by atoms with van der Waals surface area (Å²) >= 11 is 0. The molecule has 3 heteroatoms. The van der Waals surface area contributed by atoms with Crippen LogP contribution in [0.25, 0.3) is 28.0 Å². The highest BCUT2D eigenvalue weighted by Gasteiger charge is 2.29. The van der Waals surface area contributed by atoms with Crippen molar-refractivity contribution < 1.29 is 13.2 Å². The summed E-state index contributed by atoms with van der Waals surface area (Å²) in [6.07, 6.45) is 2.90. The molecule has 3 aromatic carbocycles. The lowest BCUT2D eigenvalue weighted by Crippen LogP contribution is -1.99. The van der Waals surface area contributed by atoms with Crippen molar-refractivity contribution in [1.82, 2.24) is 0 Å². The van der Waals surface area contributed by atoms with Crippen LogP contribution in [0.2, 0.25) is 0 Å². The predicted octanol–water partition coefficient (Wildman–Crippen LogP) is 7.56. The van der Waals surface area contributed by atoms with Crippen LogP contribution in [0.5, 0.6) is 0 Å². The van der Waals surface area contributed by atoms with Crippen LogP contribution < -0.4 is 0 Å². The topological polar surface area (TPSA) is 0 Å². The number of alkyl halides is 1. The minimum Gasteiger partial charge on any atom is -0.237 e. The molecule has 0 saturated heterocycles. The van der Waals surface area contributed by atoms with Gasteiger partial charge in [-0.1, -0.05) is 62.7 Å². The summed E-state index contributed by atoms with van der Waals surface area (Å²) in [6, 6.07) is 12.7. The maximum atomic E-state index is 15.0. The zero-order valence-electron chi connectivity index (χ0n) is 15.5. The van der Waals surface area contributed by atoms with E-state index in [4.69, 9.17) is 0 Å². The molecule has 0 heterocycles. The first-order chi connectivity index (χ1) is 13.0. The molecule has 0 amide bonds. The van der Waals surface area contributed by atoms with Crippen LogP contribution in [0, 0.1) is 11.6 Å². The Morgan fingerprint density at radius 3 is 2.33 bits per heavy atom. The van der Waals surface area contributed by atoms with E-state index in [-0.39, 0.29) is 16.5 Å². The van der Waals surface area contributed by atoms with Crippen molar-refractivity contribution in [3.8, 4) is 11.1 Å². The van der Waals surface area contributed by atoms with Gasteiger partial charge in [0.25, 0.3) is 0 Å². The van der Waals surface area contributed by atoms with E-state index in [2.05, 4.69) is 6.92 Å². The minimum atomic E-state index is -1.37. The fraction of sp³-hybridized carbons (Fsp3) is 0.250. The van der Waals surface area contributed by atoms with E-state index in [1.807, 2.05) is 31.2 Å². The zero-order valence-corrected chi connectivity index (χ0v) is 15.5. The number of fused-ring (bicyclic) bond motifs is 3. The van der Waals surface area contributed by atoms with Crippen molar-refractivity contribution >= 4 is 16.8 Å². The van der Waals surface area contributed by atoms with Crippen molar-refractivity contribution in [2.24, 2.45) is 0 Å². The van der Waals surface area contributed by atoms with Gasteiger partial charge in [0, 0.05) is 16.5 Å². The molecule has 0 N–H and O–H groups in total. The highest BCUT2D eigenvalue weighted by Crippen LogP contribution is 2.44. The molecule has 0 radical (unpaired) electrons. The Kier molecular flexibility index (Phi) is 4.55. The number of allylic oxidation sites excluding steroid dienone is 1. The molecule has 138 valence electrons. The van der Waals surface area contributed by atoms with Gasteiger partial charge in [-0.25, -0.2) is 13.2 Å². The molecule has 0 saturated carbocycles. The quantitative estimate of drug-likeness (QED) is 0.447. The van der Waals surface area contributed by atoms with Crippen LogP contribution in [0.15, 0.2) is 48.0 Å². The van der Waals surface area contributed by atoms with Gasteiger partial charge in [-0.3, -0.25) is 0 Å². The fourth-order valence-corrected chi connectivity index (χ4v) is 3.95. The lowest BCUT2D eigenvalue weighted by Gasteiger charge is -2.14. The van der Waals surface area contributed by atoms with Gasteiger partial charge < -0.3 is 0 Å². The van der Waals surface area contributed by atoms with Crippen molar-refractivity contribution in [1.29, 1.82) is 0 Å². The first kappa shape index (κ1) is 17.8. The highest BCUT2D eigenvalue weighted by molar-refractivity contribution is 5.95. The van der Waals surface area contributed by atoms with Crippen molar-refractivity contribution in [2.75, 3.05) is 0 Å². The molecule has 1 aliphatic rings. The summed E-state index contributed by atoms with van der Waals surface area (Å²) in [5, 5.41) is 0.581. The molecule has 4 rings (SSSR count). The van der Waals surface area contributed by atoms with E-state index in [1.54, 1.807) is 24.3 Å². The monoisotopic (exact) mass is 366 g/mol. The Labute approximate surface area is 157 Å². The smallest absolute Gasteiger partial charge is 0.167 e. The summed E-state index contributed by atoms with van der Waals surface area (Å²) in [6.45, 7) is 3.96. The molecule has 1 aliphatic carbocycles. The Morgan fingerprint density at radius 1 is 0.926 bits per heavy atom. The molecule has 3 aromatic rings. The third kappa shape index (κ3) is 2.86. The lowest BCUT2D eigenvalue weighted by atomic mass is 9.93. The fourth-order valence-electron chi connectivity index (χ4n) is 3.95. The van der Waals surface area contributed by atoms with Crippen LogP contribution in [0.3, 0.4) is 0 Å². The van der Waals surface area contributed by atoms with Gasteiger partial charge in [0.05, 0.1) is 0 Å². The van der Waals surface area contributed by atoms with E-state index >= 15 is 4.39 Å². The van der Waals surface area contributed by atoms with Gasteiger partial charge in [0.1, 0.15) is 6.17 Å². The first-order valence-electron chi connectivity index (χ1n) is 9.43. The molecule has 0 bridgehead atoms. The number of benzene rings is 3. The summed E-state index contributed by atoms with van der Waals surface area (Å²) in [5.41, 5.74) is 3.50. The molecule has 0 spiro atoms. The average molecular weight is 366 g/mol. The minimum absolute atomic E-state index is 0.0588. The van der Waals surface area contributed by atoms with Crippen LogP contribution in [0.4, 0.5) is 13.2 Å². The van der Waals surface area contributed by atoms with Gasteiger partial charge in [-0.15, -0.1) is 0 Å². The molecule has 0 aromatic heterocycles. The molecule has 1 atom stereocenters. The second kappa shape index (κ2) is 6.88. The highest BCUT2D eigenvalue weighted by atomic mass is 19.2. The molecule has 0 nitrogen and oxygen atoms in total. The Balaban J connectivity index is 1.87. The van der Waals surface area contributed by atoms with E-state index in [9.17, 15) is 8.78 Å². The number of halogens is 3. The Bertz CT molecular complexity index is 1050. The molecule has 0 aliphatic heterocycles. The normalized spacial score (nSPS) is 15.9. The van der Waals surface area contributed by atoms with E-state index in [0.29, 0.717) is 28.5 Å². The number of rotatable bonds is 4. The van der Waals surface area contributed by atoms with Gasteiger partial charge in [-0.05, 0) is 46.6 Å². The third-order valence-corrected chi connectivity index (χ3v) is 5.39. The molecule has 1 unspecified atom stereocenters. The Morgan fingerprint density at radius 2 is 1.67 bits per heavy atom. The maximum Gasteiger partial charge on any atom is 0.167 e. The van der Waals surface area contributed by atoms with Crippen molar-refractivity contribution in [3.63, 3.8) is 0 Å². The van der Waals surface area contributed by atoms with Gasteiger partial charge in [-0.2, -0.15) is 0 Å². The number of hydrogen-bond donors (Lipinski definition) is 0. The molecule has 27 heavy (non-hydrogen) atoms.